The Balaban J connectivity index is 1.21. The first-order valence-electron chi connectivity index (χ1n) is 16.6. The fraction of sp³-hybridized carbons (Fsp3) is 0.774. The molecule has 5 fully saturated rings. The van der Waals surface area contributed by atoms with E-state index in [1.165, 1.54) is 19.0 Å². The lowest BCUT2D eigenvalue weighted by Gasteiger charge is -2.50. The number of piperazine rings is 1. The number of nitrogens with one attached hydrogen (secondary N) is 3. The van der Waals surface area contributed by atoms with Crippen molar-refractivity contribution in [2.45, 2.75) is 75.8 Å². The van der Waals surface area contributed by atoms with Crippen LogP contribution in [0.5, 0.6) is 0 Å². The predicted octanol–water partition coefficient (Wildman–Crippen LogP) is 1.87. The minimum Gasteiger partial charge on any atom is -0.364 e. The smallest absolute Gasteiger partial charge is 0.233 e. The topological polar surface area (TPSA) is 122 Å². The minimum absolute atomic E-state index is 0.0125. The van der Waals surface area contributed by atoms with Crippen molar-refractivity contribution in [2.24, 2.45) is 23.5 Å². The van der Waals surface area contributed by atoms with Gasteiger partial charge >= 0.3 is 0 Å². The number of fused-ring (bicyclic) bond motifs is 1. The van der Waals surface area contributed by atoms with Crippen LogP contribution in [0.1, 0.15) is 57.8 Å². The van der Waals surface area contributed by atoms with Crippen molar-refractivity contribution in [3.8, 4) is 0 Å². The van der Waals surface area contributed by atoms with Gasteiger partial charge in [0.1, 0.15) is 23.4 Å². The molecule has 5 atom stereocenters. The minimum atomic E-state index is -1.08. The van der Waals surface area contributed by atoms with Crippen molar-refractivity contribution in [3.05, 3.63) is 18.2 Å². The predicted molar refractivity (Wildman–Crippen MR) is 165 cm³/mol. The summed E-state index contributed by atoms with van der Waals surface area (Å²) in [5, 5.41) is 8.32. The number of anilines is 2. The van der Waals surface area contributed by atoms with E-state index in [4.69, 9.17) is 5.73 Å². The molecule has 1 saturated carbocycles. The van der Waals surface area contributed by atoms with Crippen LogP contribution in [0.3, 0.4) is 0 Å². The number of pyridine rings is 1. The van der Waals surface area contributed by atoms with E-state index in [2.05, 4.69) is 25.9 Å². The molecule has 5 aliphatic rings. The first-order valence-corrected chi connectivity index (χ1v) is 16.6. The Kier molecular flexibility index (Phi) is 9.67. The Morgan fingerprint density at radius 1 is 1.00 bits per heavy atom. The molecule has 0 bridgehead atoms. The van der Waals surface area contributed by atoms with Gasteiger partial charge < -0.3 is 25.8 Å². The number of likely N-dealkylation sites (tertiary alicyclic amines) is 1. The fourth-order valence-corrected chi connectivity index (χ4v) is 8.40. The maximum Gasteiger partial charge on any atom is 0.233 e. The fourth-order valence-electron chi connectivity index (χ4n) is 8.40. The van der Waals surface area contributed by atoms with Crippen LogP contribution >= 0.6 is 0 Å². The van der Waals surface area contributed by atoms with Gasteiger partial charge in [-0.2, -0.15) is 0 Å². The zero-order valence-electron chi connectivity index (χ0n) is 25.9. The first-order chi connectivity index (χ1) is 21.3. The Morgan fingerprint density at radius 2 is 1.70 bits per heavy atom. The van der Waals surface area contributed by atoms with E-state index in [0.29, 0.717) is 26.2 Å². The number of aromatic nitrogens is 1. The Bertz CT molecular complexity index is 1170. The molecule has 5 unspecified atom stereocenters. The van der Waals surface area contributed by atoms with Crippen LogP contribution < -0.4 is 26.7 Å². The van der Waals surface area contributed by atoms with E-state index in [1.807, 2.05) is 21.9 Å². The highest BCUT2D eigenvalue weighted by Crippen LogP contribution is 2.44. The van der Waals surface area contributed by atoms with E-state index in [9.17, 15) is 14.0 Å². The van der Waals surface area contributed by atoms with E-state index in [1.54, 1.807) is 0 Å². The number of hydrazine groups is 1. The quantitative estimate of drug-likeness (QED) is 0.392. The summed E-state index contributed by atoms with van der Waals surface area (Å²) in [7, 11) is 2.03. The van der Waals surface area contributed by atoms with Gasteiger partial charge in [-0.3, -0.25) is 19.9 Å². The van der Waals surface area contributed by atoms with Crippen LogP contribution in [0.15, 0.2) is 12.4 Å². The number of carbonyl (C=O) groups excluding carboxylic acids is 2. The summed E-state index contributed by atoms with van der Waals surface area (Å²) < 4.78 is 30.1. The third kappa shape index (κ3) is 6.18. The molecule has 4 aliphatic heterocycles. The number of hydrogen-bond donors (Lipinski definition) is 4. The van der Waals surface area contributed by atoms with Gasteiger partial charge in [-0.1, -0.05) is 38.5 Å². The Labute approximate surface area is 259 Å². The van der Waals surface area contributed by atoms with Gasteiger partial charge in [0.15, 0.2) is 5.82 Å². The standard InChI is InChI=1S/C31H49F2N9O2/c1-39-11-10-21(19-39)30(44)41-14-12-40(13-15-41)27-24(33)17-35-18-25(27)37-29(43)26-28(34)38-42-20-23(32)16-36-31(26,42)22-8-6-4-2-3-5-7-9-22/h17-18,21-23,26,28,36,38H,2-16,19-20,34H2,1H3,(H,37,43). The second-order valence-electron chi connectivity index (χ2n) is 13.5. The summed E-state index contributed by atoms with van der Waals surface area (Å²) in [5.41, 5.74) is 9.56. The summed E-state index contributed by atoms with van der Waals surface area (Å²) in [6.07, 6.45) is 10.3. The molecule has 5 N–H and O–H groups in total. The van der Waals surface area contributed by atoms with Gasteiger partial charge in [0.25, 0.3) is 0 Å². The lowest BCUT2D eigenvalue weighted by atomic mass is 9.74. The number of nitrogens with zero attached hydrogens (tertiary/aromatic N) is 5. The summed E-state index contributed by atoms with van der Waals surface area (Å²) in [6.45, 7) is 3.85. The van der Waals surface area contributed by atoms with Crippen molar-refractivity contribution < 1.29 is 18.4 Å². The van der Waals surface area contributed by atoms with E-state index in [0.717, 1.165) is 64.2 Å². The first kappa shape index (κ1) is 31.5. The third-order valence-electron chi connectivity index (χ3n) is 10.6. The highest BCUT2D eigenvalue weighted by atomic mass is 19.1. The van der Waals surface area contributed by atoms with Crippen LogP contribution in [0.2, 0.25) is 0 Å². The molecule has 13 heteroatoms. The van der Waals surface area contributed by atoms with Crippen LogP contribution in [0, 0.1) is 23.6 Å². The lowest BCUT2D eigenvalue weighted by molar-refractivity contribution is -0.135. The molecule has 1 aliphatic carbocycles. The van der Waals surface area contributed by atoms with Crippen LogP contribution in [-0.4, -0.2) is 109 Å². The zero-order valence-corrected chi connectivity index (χ0v) is 25.9. The molecular formula is C31H49F2N9O2. The number of nitrogens with two attached hydrogens (primary N) is 1. The molecule has 1 aromatic heterocycles. The monoisotopic (exact) mass is 617 g/mol. The molecule has 244 valence electrons. The molecule has 0 aromatic carbocycles. The van der Waals surface area contributed by atoms with E-state index in [-0.39, 0.29) is 48.1 Å². The van der Waals surface area contributed by atoms with Crippen LogP contribution in [0.4, 0.5) is 20.2 Å². The average Bonchev–Trinajstić information content (AvgIpc) is 3.60. The van der Waals surface area contributed by atoms with Gasteiger partial charge in [-0.05, 0) is 38.8 Å². The third-order valence-corrected chi connectivity index (χ3v) is 10.6. The van der Waals surface area contributed by atoms with E-state index < -0.39 is 29.7 Å². The highest BCUT2D eigenvalue weighted by Gasteiger charge is 2.61. The Hall–Kier alpha value is -2.45. The number of hydrogen-bond acceptors (Lipinski definition) is 9. The molecule has 11 nitrogen and oxygen atoms in total. The SMILES string of the molecule is CN1CCC(C(=O)N2CCN(c3c(F)cncc3NC(=O)C3C(N)NN4CC(F)CNC34C3CCCCCCCC3)CC2)C1. The van der Waals surface area contributed by atoms with Gasteiger partial charge in [0.2, 0.25) is 11.8 Å². The van der Waals surface area contributed by atoms with Crippen molar-refractivity contribution in [1.29, 1.82) is 0 Å². The summed E-state index contributed by atoms with van der Waals surface area (Å²) in [5.74, 6) is -1.34. The van der Waals surface area contributed by atoms with Crippen LogP contribution in [0.25, 0.3) is 0 Å². The second-order valence-corrected chi connectivity index (χ2v) is 13.5. The molecule has 2 amide bonds. The van der Waals surface area contributed by atoms with Crippen molar-refractivity contribution in [1.82, 2.24) is 30.5 Å². The average molecular weight is 618 g/mol. The normalized spacial score (nSPS) is 33.0. The molecule has 6 rings (SSSR count). The van der Waals surface area contributed by atoms with Crippen molar-refractivity contribution >= 4 is 23.2 Å². The van der Waals surface area contributed by atoms with Crippen molar-refractivity contribution in [3.63, 3.8) is 0 Å². The van der Waals surface area contributed by atoms with Crippen LogP contribution in [-0.2, 0) is 9.59 Å². The van der Waals surface area contributed by atoms with Gasteiger partial charge in [0.05, 0.1) is 30.2 Å². The lowest BCUT2D eigenvalue weighted by Crippen LogP contribution is -2.72. The maximum atomic E-state index is 15.4. The zero-order chi connectivity index (χ0) is 30.8. The molecule has 0 spiro atoms. The van der Waals surface area contributed by atoms with E-state index >= 15 is 4.39 Å². The largest absolute Gasteiger partial charge is 0.364 e. The number of amides is 2. The summed E-state index contributed by atoms with van der Waals surface area (Å²) in [4.78, 5) is 37.4. The summed E-state index contributed by atoms with van der Waals surface area (Å²) in [6, 6.07) is 0. The summed E-state index contributed by atoms with van der Waals surface area (Å²) >= 11 is 0. The van der Waals surface area contributed by atoms with Crippen molar-refractivity contribution in [2.75, 3.05) is 69.6 Å². The number of carbonyl (C=O) groups is 2. The molecule has 44 heavy (non-hydrogen) atoms. The molecule has 5 heterocycles. The van der Waals surface area contributed by atoms with Gasteiger partial charge in [-0.15, -0.1) is 0 Å². The molecule has 4 saturated heterocycles. The molecule has 1 aromatic rings. The van der Waals surface area contributed by atoms with Gasteiger partial charge in [0, 0.05) is 45.8 Å². The number of rotatable bonds is 5. The molecule has 0 radical (unpaired) electrons. The molecular weight excluding hydrogens is 568 g/mol. The van der Waals surface area contributed by atoms with Gasteiger partial charge in [-0.25, -0.2) is 19.2 Å². The maximum absolute atomic E-state index is 15.4. The highest BCUT2D eigenvalue weighted by molar-refractivity contribution is 5.97. The Morgan fingerprint density at radius 3 is 2.39 bits per heavy atom. The second kappa shape index (κ2) is 13.5. The number of alkyl halides is 1. The number of halogens is 2.